The van der Waals surface area contributed by atoms with Crippen LogP contribution in [-0.4, -0.2) is 18.0 Å². The van der Waals surface area contributed by atoms with Crippen LogP contribution in [0.2, 0.25) is 5.02 Å². The number of H-pyrrole nitrogens is 1. The number of carbonyl (C=O) groups excluding carboxylic acids is 1. The Morgan fingerprint density at radius 1 is 1.29 bits per heavy atom. The van der Waals surface area contributed by atoms with E-state index in [1.807, 2.05) is 6.08 Å². The van der Waals surface area contributed by atoms with Crippen LogP contribution in [0.4, 0.5) is 5.69 Å². The zero-order valence-electron chi connectivity index (χ0n) is 13.1. The molecule has 4 rings (SSSR count). The predicted molar refractivity (Wildman–Crippen MR) is 99.6 cm³/mol. The first kappa shape index (κ1) is 15.8. The summed E-state index contributed by atoms with van der Waals surface area (Å²) in [4.78, 5) is 15.9. The quantitative estimate of drug-likeness (QED) is 0.702. The molecule has 0 atom stereocenters. The number of hydrogen-bond acceptors (Lipinski definition) is 2. The Hall–Kier alpha value is -1.72. The first-order valence-corrected chi connectivity index (χ1v) is 9.05. The Labute approximate surface area is 153 Å². The molecule has 0 fully saturated rings. The van der Waals surface area contributed by atoms with Gasteiger partial charge >= 0.3 is 0 Å². The number of carbonyl (C=O) groups is 1. The standard InChI is InChI=1S/C18H16BrClN2O2/c1-24-17-10-4-2-3-5-14(10)21-15(17)8-12-11-6-9(20)7-13(19)16(11)22-18(12)23/h6-8,21H,2-5H2,1H3,(H,22,23). The zero-order valence-corrected chi connectivity index (χ0v) is 15.5. The lowest BCUT2D eigenvalue weighted by atomic mass is 9.97. The number of rotatable bonds is 2. The van der Waals surface area contributed by atoms with Crippen molar-refractivity contribution < 1.29 is 9.53 Å². The summed E-state index contributed by atoms with van der Waals surface area (Å²) in [6, 6.07) is 3.58. The Morgan fingerprint density at radius 2 is 2.08 bits per heavy atom. The Balaban J connectivity index is 1.86. The fourth-order valence-electron chi connectivity index (χ4n) is 3.51. The number of halogens is 2. The van der Waals surface area contributed by atoms with Gasteiger partial charge in [-0.1, -0.05) is 11.6 Å². The van der Waals surface area contributed by atoms with Gasteiger partial charge in [0.15, 0.2) is 0 Å². The number of fused-ring (bicyclic) bond motifs is 2. The van der Waals surface area contributed by atoms with Gasteiger partial charge in [0.25, 0.3) is 5.91 Å². The minimum Gasteiger partial charge on any atom is -0.494 e. The topological polar surface area (TPSA) is 54.1 Å². The van der Waals surface area contributed by atoms with Crippen molar-refractivity contribution in [3.63, 3.8) is 0 Å². The van der Waals surface area contributed by atoms with Crippen LogP contribution in [-0.2, 0) is 17.6 Å². The molecule has 0 saturated heterocycles. The number of anilines is 1. The van der Waals surface area contributed by atoms with Gasteiger partial charge in [0.05, 0.1) is 24.1 Å². The number of benzene rings is 1. The van der Waals surface area contributed by atoms with Gasteiger partial charge in [-0.25, -0.2) is 0 Å². The van der Waals surface area contributed by atoms with Gasteiger partial charge in [0.2, 0.25) is 0 Å². The largest absolute Gasteiger partial charge is 0.494 e. The van der Waals surface area contributed by atoms with Crippen LogP contribution in [0.25, 0.3) is 11.6 Å². The van der Waals surface area contributed by atoms with Crippen molar-refractivity contribution in [2.45, 2.75) is 25.7 Å². The first-order valence-electron chi connectivity index (χ1n) is 7.88. The van der Waals surface area contributed by atoms with Gasteiger partial charge in [-0.3, -0.25) is 4.79 Å². The average molecular weight is 408 g/mol. The molecule has 0 radical (unpaired) electrons. The van der Waals surface area contributed by atoms with Crippen LogP contribution in [0.15, 0.2) is 16.6 Å². The molecular weight excluding hydrogens is 392 g/mol. The third-order valence-corrected chi connectivity index (χ3v) is 5.44. The second-order valence-electron chi connectivity index (χ2n) is 6.06. The van der Waals surface area contributed by atoms with Crippen molar-refractivity contribution in [3.8, 4) is 5.75 Å². The summed E-state index contributed by atoms with van der Waals surface area (Å²) >= 11 is 9.61. The van der Waals surface area contributed by atoms with E-state index in [0.717, 1.165) is 40.0 Å². The number of amides is 1. The first-order chi connectivity index (χ1) is 11.6. The molecule has 0 bridgehead atoms. The van der Waals surface area contributed by atoms with E-state index in [1.54, 1.807) is 19.2 Å². The second-order valence-corrected chi connectivity index (χ2v) is 7.35. The summed E-state index contributed by atoms with van der Waals surface area (Å²) in [7, 11) is 1.68. The van der Waals surface area contributed by atoms with Crippen molar-refractivity contribution in [2.24, 2.45) is 0 Å². The Bertz CT molecular complexity index is 886. The number of nitrogens with one attached hydrogen (secondary N) is 2. The van der Waals surface area contributed by atoms with Gasteiger partial charge in [0, 0.05) is 26.3 Å². The van der Waals surface area contributed by atoms with E-state index >= 15 is 0 Å². The molecule has 2 heterocycles. The molecule has 124 valence electrons. The van der Waals surface area contributed by atoms with Gasteiger partial charge in [-0.15, -0.1) is 0 Å². The summed E-state index contributed by atoms with van der Waals surface area (Å²) < 4.78 is 6.40. The molecule has 2 N–H and O–H groups in total. The molecule has 1 aliphatic carbocycles. The lowest BCUT2D eigenvalue weighted by Gasteiger charge is -2.11. The predicted octanol–water partition coefficient (Wildman–Crippen LogP) is 4.81. The van der Waals surface area contributed by atoms with Crippen LogP contribution in [0.1, 0.15) is 35.4 Å². The fourth-order valence-corrected chi connectivity index (χ4v) is 4.42. The highest BCUT2D eigenvalue weighted by atomic mass is 79.9. The summed E-state index contributed by atoms with van der Waals surface area (Å²) in [5.74, 6) is 0.710. The van der Waals surface area contributed by atoms with Crippen LogP contribution in [0.5, 0.6) is 5.75 Å². The number of aryl methyl sites for hydroxylation is 1. The fraction of sp³-hybridized carbons (Fsp3) is 0.278. The maximum absolute atomic E-state index is 12.4. The molecule has 1 aromatic heterocycles. The van der Waals surface area contributed by atoms with Crippen molar-refractivity contribution in [1.82, 2.24) is 4.98 Å². The monoisotopic (exact) mass is 406 g/mol. The van der Waals surface area contributed by atoms with E-state index in [-0.39, 0.29) is 5.91 Å². The Kier molecular flexibility index (Phi) is 3.93. The molecule has 6 heteroatoms. The minimum atomic E-state index is -0.136. The lowest BCUT2D eigenvalue weighted by molar-refractivity contribution is -0.110. The van der Waals surface area contributed by atoms with E-state index in [4.69, 9.17) is 16.3 Å². The number of methoxy groups -OCH3 is 1. The number of aromatic amines is 1. The maximum Gasteiger partial charge on any atom is 0.256 e. The van der Waals surface area contributed by atoms with E-state index in [9.17, 15) is 4.79 Å². The average Bonchev–Trinajstić information content (AvgIpc) is 3.06. The van der Waals surface area contributed by atoms with Crippen molar-refractivity contribution in [2.75, 3.05) is 12.4 Å². The van der Waals surface area contributed by atoms with E-state index in [1.165, 1.54) is 24.1 Å². The number of aromatic nitrogens is 1. The summed E-state index contributed by atoms with van der Waals surface area (Å²) in [6.07, 6.45) is 6.25. The highest BCUT2D eigenvalue weighted by molar-refractivity contribution is 9.10. The van der Waals surface area contributed by atoms with E-state index in [0.29, 0.717) is 10.6 Å². The number of ether oxygens (including phenoxy) is 1. The summed E-state index contributed by atoms with van der Waals surface area (Å²) in [6.45, 7) is 0. The number of hydrogen-bond donors (Lipinski definition) is 2. The summed E-state index contributed by atoms with van der Waals surface area (Å²) in [5.41, 5.74) is 5.45. The van der Waals surface area contributed by atoms with E-state index < -0.39 is 0 Å². The molecule has 2 aromatic rings. The highest BCUT2D eigenvalue weighted by Crippen LogP contribution is 2.42. The minimum absolute atomic E-state index is 0.136. The molecular formula is C18H16BrClN2O2. The third-order valence-electron chi connectivity index (χ3n) is 4.59. The normalized spacial score (nSPS) is 17.6. The second kappa shape index (κ2) is 5.97. The van der Waals surface area contributed by atoms with Gasteiger partial charge < -0.3 is 15.0 Å². The van der Waals surface area contributed by atoms with Gasteiger partial charge in [-0.2, -0.15) is 0 Å². The highest BCUT2D eigenvalue weighted by Gasteiger charge is 2.28. The molecule has 1 amide bonds. The van der Waals surface area contributed by atoms with Crippen molar-refractivity contribution >= 4 is 50.8 Å². The van der Waals surface area contributed by atoms with Gasteiger partial charge in [0.1, 0.15) is 5.75 Å². The van der Waals surface area contributed by atoms with Crippen molar-refractivity contribution in [3.05, 3.63) is 44.1 Å². The molecule has 24 heavy (non-hydrogen) atoms. The van der Waals surface area contributed by atoms with Gasteiger partial charge in [-0.05, 0) is 59.8 Å². The SMILES string of the molecule is COc1c(C=C2C(=O)Nc3c(Br)cc(Cl)cc32)[nH]c2c1CCCC2. The maximum atomic E-state index is 12.4. The van der Waals surface area contributed by atoms with Crippen LogP contribution < -0.4 is 10.1 Å². The molecule has 1 aromatic carbocycles. The molecule has 0 spiro atoms. The van der Waals surface area contributed by atoms with Crippen LogP contribution in [0.3, 0.4) is 0 Å². The van der Waals surface area contributed by atoms with Crippen molar-refractivity contribution in [1.29, 1.82) is 0 Å². The molecule has 0 unspecified atom stereocenters. The molecule has 2 aliphatic rings. The molecule has 0 saturated carbocycles. The molecule has 1 aliphatic heterocycles. The lowest BCUT2D eigenvalue weighted by Crippen LogP contribution is -2.04. The third kappa shape index (κ3) is 2.47. The molecule has 4 nitrogen and oxygen atoms in total. The zero-order chi connectivity index (χ0) is 16.8. The van der Waals surface area contributed by atoms with E-state index in [2.05, 4.69) is 26.2 Å². The van der Waals surface area contributed by atoms with Crippen LogP contribution >= 0.6 is 27.5 Å². The Morgan fingerprint density at radius 3 is 2.88 bits per heavy atom. The van der Waals surface area contributed by atoms with Crippen LogP contribution in [0, 0.1) is 0 Å². The summed E-state index contributed by atoms with van der Waals surface area (Å²) in [5, 5.41) is 3.48. The smallest absolute Gasteiger partial charge is 0.256 e.